The van der Waals surface area contributed by atoms with Gasteiger partial charge in [0, 0.05) is 36.7 Å². The van der Waals surface area contributed by atoms with Gasteiger partial charge in [0.1, 0.15) is 0 Å². The molecule has 1 aromatic rings. The van der Waals surface area contributed by atoms with Gasteiger partial charge in [-0.15, -0.1) is 0 Å². The van der Waals surface area contributed by atoms with Gasteiger partial charge < -0.3 is 14.9 Å². The Morgan fingerprint density at radius 3 is 2.81 bits per heavy atom. The zero-order valence-electron chi connectivity index (χ0n) is 14.9. The Labute approximate surface area is 157 Å². The van der Waals surface area contributed by atoms with Crippen molar-refractivity contribution in [3.63, 3.8) is 0 Å². The highest BCUT2D eigenvalue weighted by Crippen LogP contribution is 2.31. The molecule has 1 N–H and O–H groups in total. The highest BCUT2D eigenvalue weighted by atomic mass is 32.2. The quantitative estimate of drug-likeness (QED) is 0.851. The van der Waals surface area contributed by atoms with Gasteiger partial charge >= 0.3 is 5.97 Å². The fourth-order valence-electron chi connectivity index (χ4n) is 3.73. The van der Waals surface area contributed by atoms with E-state index >= 15 is 0 Å². The monoisotopic (exact) mass is 376 g/mol. The molecule has 0 spiro atoms. The van der Waals surface area contributed by atoms with Crippen LogP contribution in [0.1, 0.15) is 25.3 Å². The molecule has 3 rings (SSSR count). The summed E-state index contributed by atoms with van der Waals surface area (Å²) < 4.78 is 0. The first-order chi connectivity index (χ1) is 12.5. The molecule has 2 unspecified atom stereocenters. The minimum Gasteiger partial charge on any atom is -0.481 e. The molecule has 2 aliphatic rings. The average molecular weight is 376 g/mol. The molecular weight excluding hydrogens is 352 g/mol. The van der Waals surface area contributed by atoms with E-state index in [9.17, 15) is 14.4 Å². The van der Waals surface area contributed by atoms with E-state index in [4.69, 9.17) is 5.11 Å². The number of anilines is 1. The molecule has 0 radical (unpaired) electrons. The number of hydrogen-bond acceptors (Lipinski definition) is 4. The van der Waals surface area contributed by atoms with E-state index in [0.29, 0.717) is 18.8 Å². The summed E-state index contributed by atoms with van der Waals surface area (Å²) in [4.78, 5) is 40.1. The summed E-state index contributed by atoms with van der Waals surface area (Å²) in [6.07, 6.45) is 0.977. The van der Waals surface area contributed by atoms with Crippen molar-refractivity contribution in [3.05, 3.63) is 29.8 Å². The number of carboxylic acids is 1. The molecule has 140 valence electrons. The van der Waals surface area contributed by atoms with E-state index in [-0.39, 0.29) is 30.7 Å². The average Bonchev–Trinajstić information content (AvgIpc) is 3.02. The van der Waals surface area contributed by atoms with Crippen LogP contribution < -0.4 is 4.90 Å². The lowest BCUT2D eigenvalue weighted by Crippen LogP contribution is -2.49. The van der Waals surface area contributed by atoms with Gasteiger partial charge in [0.2, 0.25) is 11.8 Å². The number of nitrogens with zero attached hydrogens (tertiary/aromatic N) is 2. The van der Waals surface area contributed by atoms with Crippen LogP contribution >= 0.6 is 11.8 Å². The number of hydrogen-bond donors (Lipinski definition) is 1. The minimum atomic E-state index is -0.892. The SMILES string of the molecule is CCc1ccccc1N1CC(C(=O)N2CCSCC2CC(=O)O)CC1=O. The molecule has 6 nitrogen and oxygen atoms in total. The second-order valence-corrected chi connectivity index (χ2v) is 7.90. The third-order valence-electron chi connectivity index (χ3n) is 5.06. The molecule has 2 aliphatic heterocycles. The number of rotatable bonds is 5. The van der Waals surface area contributed by atoms with E-state index in [1.54, 1.807) is 21.6 Å². The summed E-state index contributed by atoms with van der Waals surface area (Å²) in [7, 11) is 0. The number of benzene rings is 1. The number of aryl methyl sites for hydroxylation is 1. The molecule has 2 amide bonds. The largest absolute Gasteiger partial charge is 0.481 e. The lowest BCUT2D eigenvalue weighted by Gasteiger charge is -2.36. The highest BCUT2D eigenvalue weighted by molar-refractivity contribution is 7.99. The molecule has 0 bridgehead atoms. The van der Waals surface area contributed by atoms with Crippen molar-refractivity contribution in [2.45, 2.75) is 32.2 Å². The summed E-state index contributed by atoms with van der Waals surface area (Å²) >= 11 is 1.68. The van der Waals surface area contributed by atoms with Crippen molar-refractivity contribution in [2.24, 2.45) is 5.92 Å². The zero-order valence-corrected chi connectivity index (χ0v) is 15.7. The lowest BCUT2D eigenvalue weighted by molar-refractivity contribution is -0.142. The topological polar surface area (TPSA) is 77.9 Å². The standard InChI is InChI=1S/C19H24N2O4S/c1-2-13-5-3-4-6-16(13)21-11-14(9-17(21)22)19(25)20-7-8-26-12-15(20)10-18(23)24/h3-6,14-15H,2,7-12H2,1H3,(H,23,24). The third-order valence-corrected chi connectivity index (χ3v) is 6.15. The van der Waals surface area contributed by atoms with Gasteiger partial charge in [-0.1, -0.05) is 25.1 Å². The van der Waals surface area contributed by atoms with Gasteiger partial charge in [-0.05, 0) is 18.1 Å². The van der Waals surface area contributed by atoms with Crippen LogP contribution in [0.2, 0.25) is 0 Å². The Morgan fingerprint density at radius 2 is 2.08 bits per heavy atom. The first-order valence-electron chi connectivity index (χ1n) is 8.99. The first kappa shape index (κ1) is 18.8. The zero-order chi connectivity index (χ0) is 18.7. The van der Waals surface area contributed by atoms with E-state index in [2.05, 4.69) is 0 Å². The van der Waals surface area contributed by atoms with E-state index in [0.717, 1.165) is 23.4 Å². The van der Waals surface area contributed by atoms with E-state index < -0.39 is 11.9 Å². The molecule has 0 aliphatic carbocycles. The number of para-hydroxylation sites is 1. The van der Waals surface area contributed by atoms with Crippen LogP contribution in [-0.4, -0.2) is 58.4 Å². The number of amides is 2. The third kappa shape index (κ3) is 3.87. The summed E-state index contributed by atoms with van der Waals surface area (Å²) in [6, 6.07) is 7.50. The van der Waals surface area contributed by atoms with Gasteiger partial charge in [0.15, 0.2) is 0 Å². The molecule has 1 aromatic carbocycles. The first-order valence-corrected chi connectivity index (χ1v) is 10.1. The Kier molecular flexibility index (Phi) is 5.86. The van der Waals surface area contributed by atoms with Crippen molar-refractivity contribution in [3.8, 4) is 0 Å². The second-order valence-electron chi connectivity index (χ2n) is 6.75. The van der Waals surface area contributed by atoms with Crippen LogP contribution in [0.25, 0.3) is 0 Å². The lowest BCUT2D eigenvalue weighted by atomic mass is 10.0. The fourth-order valence-corrected chi connectivity index (χ4v) is 4.79. The number of carboxylic acid groups (broad SMARTS) is 1. The van der Waals surface area contributed by atoms with Crippen molar-refractivity contribution in [2.75, 3.05) is 29.5 Å². The minimum absolute atomic E-state index is 0.0366. The molecule has 0 aromatic heterocycles. The van der Waals surface area contributed by atoms with Gasteiger partial charge in [0.25, 0.3) is 0 Å². The maximum Gasteiger partial charge on any atom is 0.305 e. The summed E-state index contributed by atoms with van der Waals surface area (Å²) in [6.45, 7) is 2.97. The van der Waals surface area contributed by atoms with Crippen molar-refractivity contribution >= 4 is 35.2 Å². The molecular formula is C19H24N2O4S. The predicted molar refractivity (Wildman–Crippen MR) is 101 cm³/mol. The molecule has 2 saturated heterocycles. The maximum absolute atomic E-state index is 13.0. The van der Waals surface area contributed by atoms with Crippen LogP contribution in [0.4, 0.5) is 5.69 Å². The summed E-state index contributed by atoms with van der Waals surface area (Å²) in [5, 5.41) is 9.11. The van der Waals surface area contributed by atoms with Crippen LogP contribution in [0.3, 0.4) is 0 Å². The smallest absolute Gasteiger partial charge is 0.305 e. The molecule has 7 heteroatoms. The Hall–Kier alpha value is -2.02. The second kappa shape index (κ2) is 8.12. The highest BCUT2D eigenvalue weighted by Gasteiger charge is 2.40. The van der Waals surface area contributed by atoms with Gasteiger partial charge in [-0.25, -0.2) is 0 Å². The van der Waals surface area contributed by atoms with Gasteiger partial charge in [-0.3, -0.25) is 14.4 Å². The Morgan fingerprint density at radius 1 is 1.31 bits per heavy atom. The summed E-state index contributed by atoms with van der Waals surface area (Å²) in [5.41, 5.74) is 1.97. The molecule has 2 heterocycles. The van der Waals surface area contributed by atoms with E-state index in [1.165, 1.54) is 0 Å². The van der Waals surface area contributed by atoms with E-state index in [1.807, 2.05) is 31.2 Å². The summed E-state index contributed by atoms with van der Waals surface area (Å²) in [5.74, 6) is 0.0429. The van der Waals surface area contributed by atoms with Crippen LogP contribution in [0, 0.1) is 5.92 Å². The number of aliphatic carboxylic acids is 1. The normalized spacial score (nSPS) is 23.3. The number of carbonyl (C=O) groups is 3. The van der Waals surface area contributed by atoms with Crippen molar-refractivity contribution in [1.82, 2.24) is 4.90 Å². The predicted octanol–water partition coefficient (Wildman–Crippen LogP) is 2.02. The number of carbonyl (C=O) groups excluding carboxylic acids is 2. The fraction of sp³-hybridized carbons (Fsp3) is 0.526. The van der Waals surface area contributed by atoms with Crippen LogP contribution in [0.15, 0.2) is 24.3 Å². The van der Waals surface area contributed by atoms with Crippen LogP contribution in [0.5, 0.6) is 0 Å². The maximum atomic E-state index is 13.0. The van der Waals surface area contributed by atoms with Gasteiger partial charge in [0.05, 0.1) is 18.4 Å². The van der Waals surface area contributed by atoms with Crippen LogP contribution in [-0.2, 0) is 20.8 Å². The van der Waals surface area contributed by atoms with Gasteiger partial charge in [-0.2, -0.15) is 11.8 Å². The molecule has 0 saturated carbocycles. The molecule has 26 heavy (non-hydrogen) atoms. The Balaban J connectivity index is 1.75. The number of thioether (sulfide) groups is 1. The van der Waals surface area contributed by atoms with Crippen molar-refractivity contribution in [1.29, 1.82) is 0 Å². The molecule has 2 atom stereocenters. The molecule has 2 fully saturated rings. The van der Waals surface area contributed by atoms with Crippen molar-refractivity contribution < 1.29 is 19.5 Å². The Bertz CT molecular complexity index is 709.